The Morgan fingerprint density at radius 1 is 0.941 bits per heavy atom. The minimum Gasteiger partial charge on any atom is -0.356 e. The van der Waals surface area contributed by atoms with Gasteiger partial charge in [-0.25, -0.2) is 0 Å². The van der Waals surface area contributed by atoms with Crippen molar-refractivity contribution in [3.8, 4) is 0 Å². The highest BCUT2D eigenvalue weighted by Crippen LogP contribution is 2.10. The van der Waals surface area contributed by atoms with E-state index >= 15 is 0 Å². The fraction of sp³-hybridized carbons (Fsp3) is 0.800. The highest BCUT2D eigenvalue weighted by molar-refractivity contribution is 5.87. The van der Waals surface area contributed by atoms with E-state index in [9.17, 15) is 4.79 Å². The van der Waals surface area contributed by atoms with Gasteiger partial charge in [-0.1, -0.05) is 64.4 Å². The summed E-state index contributed by atoms with van der Waals surface area (Å²) in [6.45, 7) is 2.26. The van der Waals surface area contributed by atoms with Gasteiger partial charge in [-0.2, -0.15) is 0 Å². The number of amides is 1. The Morgan fingerprint density at radius 3 is 2.00 bits per heavy atom. The van der Waals surface area contributed by atoms with Gasteiger partial charge in [0, 0.05) is 7.05 Å². The van der Waals surface area contributed by atoms with Crippen LogP contribution in [-0.2, 0) is 4.79 Å². The predicted octanol–water partition coefficient (Wildman–Crippen LogP) is 4.21. The SMILES string of the molecule is CCCCCCCCCCCC=CC(=O)NC. The lowest BCUT2D eigenvalue weighted by molar-refractivity contribution is -0.116. The summed E-state index contributed by atoms with van der Waals surface area (Å²) in [5.74, 6) is 0.000856. The van der Waals surface area contributed by atoms with Crippen LogP contribution < -0.4 is 5.32 Å². The average Bonchev–Trinajstić information content (AvgIpc) is 2.35. The second-order valence-electron chi connectivity index (χ2n) is 4.63. The lowest BCUT2D eigenvalue weighted by Crippen LogP contribution is -2.13. The molecule has 0 aromatic carbocycles. The molecule has 0 bridgehead atoms. The highest BCUT2D eigenvalue weighted by atomic mass is 16.1. The first-order chi connectivity index (χ1) is 8.31. The Hall–Kier alpha value is -0.790. The van der Waals surface area contributed by atoms with Crippen LogP contribution >= 0.6 is 0 Å². The molecule has 0 fully saturated rings. The van der Waals surface area contributed by atoms with Crippen LogP contribution in [0.2, 0.25) is 0 Å². The first-order valence-electron chi connectivity index (χ1n) is 7.19. The molecule has 0 saturated heterocycles. The maximum atomic E-state index is 10.9. The largest absolute Gasteiger partial charge is 0.356 e. The second-order valence-corrected chi connectivity index (χ2v) is 4.63. The van der Waals surface area contributed by atoms with Gasteiger partial charge in [0.25, 0.3) is 0 Å². The maximum absolute atomic E-state index is 10.9. The van der Waals surface area contributed by atoms with Crippen LogP contribution in [0.4, 0.5) is 0 Å². The molecule has 0 spiro atoms. The van der Waals surface area contributed by atoms with Gasteiger partial charge in [0.1, 0.15) is 0 Å². The Balaban J connectivity index is 3.08. The summed E-state index contributed by atoms with van der Waals surface area (Å²) in [6.07, 6.45) is 16.8. The molecule has 2 heteroatoms. The third-order valence-corrected chi connectivity index (χ3v) is 2.99. The Bertz CT molecular complexity index is 199. The molecule has 100 valence electrons. The summed E-state index contributed by atoms with van der Waals surface area (Å²) >= 11 is 0. The fourth-order valence-corrected chi connectivity index (χ4v) is 1.85. The van der Waals surface area contributed by atoms with Crippen LogP contribution in [0.5, 0.6) is 0 Å². The molecular weight excluding hydrogens is 210 g/mol. The second kappa shape index (κ2) is 13.3. The molecule has 0 aromatic rings. The Labute approximate surface area is 107 Å². The number of hydrogen-bond acceptors (Lipinski definition) is 1. The molecule has 0 aliphatic carbocycles. The zero-order valence-corrected chi connectivity index (χ0v) is 11.6. The normalized spacial score (nSPS) is 10.9. The first kappa shape index (κ1) is 16.2. The van der Waals surface area contributed by atoms with E-state index in [-0.39, 0.29) is 5.91 Å². The Kier molecular flexibility index (Phi) is 12.7. The number of carbonyl (C=O) groups is 1. The fourth-order valence-electron chi connectivity index (χ4n) is 1.85. The van der Waals surface area contributed by atoms with Crippen LogP contribution in [0.1, 0.15) is 71.1 Å². The van der Waals surface area contributed by atoms with Crippen molar-refractivity contribution in [2.75, 3.05) is 7.05 Å². The van der Waals surface area contributed by atoms with Crippen molar-refractivity contribution in [2.45, 2.75) is 71.1 Å². The number of allylic oxidation sites excluding steroid dienone is 1. The summed E-state index contributed by atoms with van der Waals surface area (Å²) in [7, 11) is 1.66. The van der Waals surface area contributed by atoms with Crippen molar-refractivity contribution in [2.24, 2.45) is 0 Å². The number of nitrogens with one attached hydrogen (secondary N) is 1. The average molecular weight is 239 g/mol. The lowest BCUT2D eigenvalue weighted by Gasteiger charge is -2.00. The summed E-state index contributed by atoms with van der Waals surface area (Å²) < 4.78 is 0. The first-order valence-corrected chi connectivity index (χ1v) is 7.19. The van der Waals surface area contributed by atoms with E-state index < -0.39 is 0 Å². The van der Waals surface area contributed by atoms with E-state index in [0.29, 0.717) is 0 Å². The molecule has 0 aliphatic heterocycles. The van der Waals surface area contributed by atoms with Crippen molar-refractivity contribution in [1.29, 1.82) is 0 Å². The number of rotatable bonds is 11. The molecule has 0 saturated carbocycles. The molecule has 0 aromatic heterocycles. The van der Waals surface area contributed by atoms with Gasteiger partial charge < -0.3 is 5.32 Å². The van der Waals surface area contributed by atoms with Crippen LogP contribution in [0, 0.1) is 0 Å². The highest BCUT2D eigenvalue weighted by Gasteiger charge is 1.91. The summed E-state index contributed by atoms with van der Waals surface area (Å²) in [4.78, 5) is 10.9. The van der Waals surface area contributed by atoms with Gasteiger partial charge in [0.05, 0.1) is 0 Å². The minimum absolute atomic E-state index is 0.000856. The van der Waals surface area contributed by atoms with Gasteiger partial charge in [0.15, 0.2) is 0 Å². The van der Waals surface area contributed by atoms with Gasteiger partial charge in [0.2, 0.25) is 5.91 Å². The van der Waals surface area contributed by atoms with E-state index in [1.54, 1.807) is 13.1 Å². The third-order valence-electron chi connectivity index (χ3n) is 2.99. The van der Waals surface area contributed by atoms with Crippen LogP contribution in [0.25, 0.3) is 0 Å². The van der Waals surface area contributed by atoms with E-state index in [0.717, 1.165) is 6.42 Å². The van der Waals surface area contributed by atoms with Crippen molar-refractivity contribution in [3.05, 3.63) is 12.2 Å². The zero-order chi connectivity index (χ0) is 12.8. The quantitative estimate of drug-likeness (QED) is 0.425. The van der Waals surface area contributed by atoms with Crippen LogP contribution in [0.15, 0.2) is 12.2 Å². The summed E-state index contributed by atoms with van der Waals surface area (Å²) in [5.41, 5.74) is 0. The number of unbranched alkanes of at least 4 members (excludes halogenated alkanes) is 9. The van der Waals surface area contributed by atoms with Crippen molar-refractivity contribution in [3.63, 3.8) is 0 Å². The molecule has 1 amide bonds. The number of carbonyl (C=O) groups excluding carboxylic acids is 1. The monoisotopic (exact) mass is 239 g/mol. The van der Waals surface area contributed by atoms with Gasteiger partial charge >= 0.3 is 0 Å². The zero-order valence-electron chi connectivity index (χ0n) is 11.6. The number of likely N-dealkylation sites (N-methyl/N-ethyl adjacent to an activating group) is 1. The molecule has 1 N–H and O–H groups in total. The van der Waals surface area contributed by atoms with E-state index in [1.807, 2.05) is 6.08 Å². The minimum atomic E-state index is 0.000856. The molecule has 0 atom stereocenters. The lowest BCUT2D eigenvalue weighted by atomic mass is 10.1. The molecule has 0 heterocycles. The summed E-state index contributed by atoms with van der Waals surface area (Å²) in [5, 5.41) is 2.57. The van der Waals surface area contributed by atoms with Gasteiger partial charge in [-0.05, 0) is 18.9 Å². The van der Waals surface area contributed by atoms with Crippen molar-refractivity contribution >= 4 is 5.91 Å². The molecule has 0 radical (unpaired) electrons. The molecular formula is C15H29NO. The molecule has 0 unspecified atom stereocenters. The molecule has 0 aliphatic rings. The Morgan fingerprint density at radius 2 is 1.47 bits per heavy atom. The topological polar surface area (TPSA) is 29.1 Å². The van der Waals surface area contributed by atoms with Gasteiger partial charge in [-0.15, -0.1) is 0 Å². The maximum Gasteiger partial charge on any atom is 0.243 e. The number of hydrogen-bond donors (Lipinski definition) is 1. The van der Waals surface area contributed by atoms with E-state index in [1.165, 1.54) is 57.8 Å². The molecule has 2 nitrogen and oxygen atoms in total. The third kappa shape index (κ3) is 13.1. The predicted molar refractivity (Wildman–Crippen MR) is 75.1 cm³/mol. The smallest absolute Gasteiger partial charge is 0.243 e. The standard InChI is InChI=1S/C15H29NO/c1-3-4-5-6-7-8-9-10-11-12-13-14-15(17)16-2/h13-14H,3-12H2,1-2H3,(H,16,17). The molecule has 0 rings (SSSR count). The summed E-state index contributed by atoms with van der Waals surface area (Å²) in [6, 6.07) is 0. The van der Waals surface area contributed by atoms with Crippen molar-refractivity contribution < 1.29 is 4.79 Å². The van der Waals surface area contributed by atoms with E-state index in [4.69, 9.17) is 0 Å². The van der Waals surface area contributed by atoms with Gasteiger partial charge in [-0.3, -0.25) is 4.79 Å². The van der Waals surface area contributed by atoms with E-state index in [2.05, 4.69) is 12.2 Å². The molecule has 17 heavy (non-hydrogen) atoms. The van der Waals surface area contributed by atoms with Crippen LogP contribution in [-0.4, -0.2) is 13.0 Å². The van der Waals surface area contributed by atoms with Crippen molar-refractivity contribution in [1.82, 2.24) is 5.32 Å². The van der Waals surface area contributed by atoms with Crippen LogP contribution in [0.3, 0.4) is 0 Å².